The highest BCUT2D eigenvalue weighted by Crippen LogP contribution is 2.26. The van der Waals surface area contributed by atoms with Crippen molar-refractivity contribution in [3.63, 3.8) is 0 Å². The van der Waals surface area contributed by atoms with E-state index in [4.69, 9.17) is 23.2 Å². The summed E-state index contributed by atoms with van der Waals surface area (Å²) in [6, 6.07) is 0. The van der Waals surface area contributed by atoms with Gasteiger partial charge < -0.3 is 0 Å². The fourth-order valence-electron chi connectivity index (χ4n) is 0.498. The molecule has 0 N–H and O–H groups in total. The molecule has 0 aliphatic heterocycles. The number of carbonyl (C=O) groups excluding carboxylic acids is 1. The van der Waals surface area contributed by atoms with Crippen LogP contribution in [0, 0.1) is 0 Å². The van der Waals surface area contributed by atoms with Crippen molar-refractivity contribution < 1.29 is 4.79 Å². The third-order valence-electron chi connectivity index (χ3n) is 0.940. The molecule has 1 aliphatic rings. The molecule has 0 heterocycles. The van der Waals surface area contributed by atoms with Crippen LogP contribution in [0.15, 0.2) is 24.3 Å². The Hall–Kier alpha value is -0.270. The number of rotatable bonds is 0. The van der Waals surface area contributed by atoms with Gasteiger partial charge >= 0.3 is 0 Å². The van der Waals surface area contributed by atoms with E-state index in [2.05, 4.69) is 0 Å². The molecule has 0 bridgehead atoms. The molecule has 0 saturated carbocycles. The molecule has 0 fully saturated rings. The predicted molar refractivity (Wildman–Crippen MR) is 37.7 cm³/mol. The van der Waals surface area contributed by atoms with Crippen molar-refractivity contribution >= 4 is 29.0 Å². The minimum absolute atomic E-state index is 0.0769. The fourth-order valence-corrected chi connectivity index (χ4v) is 0.750. The molecule has 0 atom stereocenters. The van der Waals surface area contributed by atoms with E-state index >= 15 is 0 Å². The maximum absolute atomic E-state index is 10.5. The van der Waals surface area contributed by atoms with Crippen LogP contribution in [0.2, 0.25) is 0 Å². The first-order valence-corrected chi connectivity index (χ1v) is 3.16. The molecule has 0 aromatic rings. The summed E-state index contributed by atoms with van der Waals surface area (Å²) < 4.78 is -0.978. The summed E-state index contributed by atoms with van der Waals surface area (Å²) in [7, 11) is 0. The van der Waals surface area contributed by atoms with Crippen molar-refractivity contribution in [2.75, 3.05) is 0 Å². The molecule has 0 unspecified atom stereocenters. The number of hydrogen-bond acceptors (Lipinski definition) is 1. The molecule has 3 heteroatoms. The van der Waals surface area contributed by atoms with Gasteiger partial charge in [0.25, 0.3) is 0 Å². The summed E-state index contributed by atoms with van der Waals surface area (Å²) in [5.41, 5.74) is 0. The molecule has 48 valence electrons. The summed E-state index contributed by atoms with van der Waals surface area (Å²) in [6.07, 6.45) is 5.58. The molecule has 0 spiro atoms. The Kier molecular flexibility index (Phi) is 1.64. The highest BCUT2D eigenvalue weighted by molar-refractivity contribution is 6.51. The third-order valence-corrected chi connectivity index (χ3v) is 1.44. The van der Waals surface area contributed by atoms with Crippen molar-refractivity contribution in [3.8, 4) is 0 Å². The Morgan fingerprint density at radius 1 is 1.22 bits per heavy atom. The normalized spacial score (nSPS) is 22.7. The quantitative estimate of drug-likeness (QED) is 0.498. The zero-order chi connectivity index (χ0) is 6.91. The number of ketones is 1. The lowest BCUT2D eigenvalue weighted by molar-refractivity contribution is -0.110. The van der Waals surface area contributed by atoms with Crippen LogP contribution in [0.5, 0.6) is 0 Å². The smallest absolute Gasteiger partial charge is 0.178 e. The first kappa shape index (κ1) is 6.84. The Morgan fingerprint density at radius 2 is 1.67 bits per heavy atom. The summed E-state index contributed by atoms with van der Waals surface area (Å²) in [6.45, 7) is 0. The van der Waals surface area contributed by atoms with E-state index < -0.39 is 4.33 Å². The van der Waals surface area contributed by atoms with Gasteiger partial charge in [-0.1, -0.05) is 23.2 Å². The minimum atomic E-state index is -0.978. The van der Waals surface area contributed by atoms with Gasteiger partial charge in [-0.2, -0.15) is 0 Å². The maximum Gasteiger partial charge on any atom is 0.178 e. The number of alkyl halides is 2. The average Bonchev–Trinajstić information content (AvgIpc) is 1.78. The highest BCUT2D eigenvalue weighted by atomic mass is 35.5. The second-order valence-corrected chi connectivity index (χ2v) is 3.19. The summed E-state index contributed by atoms with van der Waals surface area (Å²) >= 11 is 11.2. The van der Waals surface area contributed by atoms with Crippen molar-refractivity contribution in [2.24, 2.45) is 0 Å². The van der Waals surface area contributed by atoms with Crippen LogP contribution in [0.25, 0.3) is 0 Å². The van der Waals surface area contributed by atoms with Crippen LogP contribution in [0.3, 0.4) is 0 Å². The Morgan fingerprint density at radius 3 is 2.00 bits per heavy atom. The summed E-state index contributed by atoms with van der Waals surface area (Å²) in [5.74, 6) is -0.0769. The standard InChI is InChI=1S/C6H4Cl2O/c7-6(8)3-1-5(9)2-4-6/h1-4H. The van der Waals surface area contributed by atoms with E-state index in [-0.39, 0.29) is 5.78 Å². The van der Waals surface area contributed by atoms with E-state index in [0.29, 0.717) is 0 Å². The van der Waals surface area contributed by atoms with Crippen LogP contribution in [0.1, 0.15) is 0 Å². The van der Waals surface area contributed by atoms with E-state index in [1.807, 2.05) is 0 Å². The van der Waals surface area contributed by atoms with Crippen LogP contribution in [0.4, 0.5) is 0 Å². The summed E-state index contributed by atoms with van der Waals surface area (Å²) in [4.78, 5) is 10.5. The highest BCUT2D eigenvalue weighted by Gasteiger charge is 2.18. The zero-order valence-electron chi connectivity index (χ0n) is 4.47. The second-order valence-electron chi connectivity index (χ2n) is 1.74. The van der Waals surface area contributed by atoms with Crippen molar-refractivity contribution in [2.45, 2.75) is 4.33 Å². The first-order valence-electron chi connectivity index (χ1n) is 2.40. The lowest BCUT2D eigenvalue weighted by Crippen LogP contribution is -2.09. The van der Waals surface area contributed by atoms with Gasteiger partial charge in [-0.25, -0.2) is 0 Å². The molecule has 0 radical (unpaired) electrons. The van der Waals surface area contributed by atoms with Gasteiger partial charge in [-0.15, -0.1) is 0 Å². The zero-order valence-corrected chi connectivity index (χ0v) is 5.99. The van der Waals surface area contributed by atoms with Crippen molar-refractivity contribution in [1.82, 2.24) is 0 Å². The van der Waals surface area contributed by atoms with Crippen LogP contribution in [-0.2, 0) is 4.79 Å². The van der Waals surface area contributed by atoms with Gasteiger partial charge in [-0.3, -0.25) is 4.79 Å². The molecule has 1 aliphatic carbocycles. The van der Waals surface area contributed by atoms with Crippen LogP contribution < -0.4 is 0 Å². The molecule has 0 aromatic carbocycles. The monoisotopic (exact) mass is 162 g/mol. The van der Waals surface area contributed by atoms with Gasteiger partial charge in [-0.05, 0) is 24.3 Å². The number of halogens is 2. The number of hydrogen-bond donors (Lipinski definition) is 0. The average molecular weight is 163 g/mol. The Balaban J connectivity index is 2.82. The van der Waals surface area contributed by atoms with Gasteiger partial charge in [0.05, 0.1) is 0 Å². The topological polar surface area (TPSA) is 17.1 Å². The van der Waals surface area contributed by atoms with Crippen molar-refractivity contribution in [3.05, 3.63) is 24.3 Å². The van der Waals surface area contributed by atoms with Crippen LogP contribution in [-0.4, -0.2) is 10.1 Å². The van der Waals surface area contributed by atoms with E-state index in [1.54, 1.807) is 0 Å². The van der Waals surface area contributed by atoms with E-state index in [9.17, 15) is 4.79 Å². The van der Waals surface area contributed by atoms with Gasteiger partial charge in [0.1, 0.15) is 0 Å². The first-order chi connectivity index (χ1) is 4.10. The second kappa shape index (κ2) is 2.16. The van der Waals surface area contributed by atoms with Crippen LogP contribution >= 0.6 is 23.2 Å². The Labute approximate surface area is 62.9 Å². The van der Waals surface area contributed by atoms with E-state index in [1.165, 1.54) is 24.3 Å². The SMILES string of the molecule is O=C1C=CC(Cl)(Cl)C=C1. The maximum atomic E-state index is 10.5. The lowest BCUT2D eigenvalue weighted by Gasteiger charge is -2.10. The molecule has 0 aromatic heterocycles. The molecular formula is C6H4Cl2O. The molecule has 1 rings (SSSR count). The largest absolute Gasteiger partial charge is 0.290 e. The minimum Gasteiger partial charge on any atom is -0.290 e. The predicted octanol–water partition coefficient (Wildman–Crippen LogP) is 1.86. The number of allylic oxidation sites excluding steroid dienone is 4. The molecular weight excluding hydrogens is 159 g/mol. The molecule has 1 nitrogen and oxygen atoms in total. The Bertz CT molecular complexity index is 173. The van der Waals surface area contributed by atoms with Gasteiger partial charge in [0.2, 0.25) is 0 Å². The fraction of sp³-hybridized carbons (Fsp3) is 0.167. The third kappa shape index (κ3) is 1.84. The summed E-state index contributed by atoms with van der Waals surface area (Å²) in [5, 5.41) is 0. The number of carbonyl (C=O) groups is 1. The molecule has 0 saturated heterocycles. The molecule has 9 heavy (non-hydrogen) atoms. The lowest BCUT2D eigenvalue weighted by atomic mass is 10.2. The van der Waals surface area contributed by atoms with Gasteiger partial charge in [0.15, 0.2) is 10.1 Å². The van der Waals surface area contributed by atoms with Gasteiger partial charge in [0, 0.05) is 0 Å². The van der Waals surface area contributed by atoms with E-state index in [0.717, 1.165) is 0 Å². The van der Waals surface area contributed by atoms with Crippen molar-refractivity contribution in [1.29, 1.82) is 0 Å². The molecule has 0 amide bonds.